The summed E-state index contributed by atoms with van der Waals surface area (Å²) in [6.07, 6.45) is 4.11. The second-order valence-electron chi connectivity index (χ2n) is 5.69. The molecule has 2 atom stereocenters. The van der Waals surface area contributed by atoms with E-state index in [0.29, 0.717) is 22.9 Å². The van der Waals surface area contributed by atoms with Gasteiger partial charge in [0.15, 0.2) is 0 Å². The first-order chi connectivity index (χ1) is 9.77. The lowest BCUT2D eigenvalue weighted by Gasteiger charge is -2.27. The largest absolute Gasteiger partial charge is 0.299 e. The van der Waals surface area contributed by atoms with Crippen molar-refractivity contribution >= 4 is 38.8 Å². The summed E-state index contributed by atoms with van der Waals surface area (Å²) < 4.78 is 23.3. The van der Waals surface area contributed by atoms with Gasteiger partial charge in [-0.05, 0) is 37.0 Å². The molecule has 0 saturated heterocycles. The van der Waals surface area contributed by atoms with E-state index in [2.05, 4.69) is 0 Å². The molecule has 6 heteroatoms. The second-order valence-corrected chi connectivity index (χ2v) is 8.86. The van der Waals surface area contributed by atoms with Gasteiger partial charge < -0.3 is 0 Å². The van der Waals surface area contributed by atoms with Gasteiger partial charge in [-0.2, -0.15) is 0 Å². The van der Waals surface area contributed by atoms with Gasteiger partial charge in [-0.15, -0.1) is 0 Å². The zero-order chi connectivity index (χ0) is 15.6. The highest BCUT2D eigenvalue weighted by Crippen LogP contribution is 2.31. The molecule has 0 N–H and O–H groups in total. The highest BCUT2D eigenvalue weighted by atomic mass is 35.5. The molecule has 1 aliphatic rings. The molecule has 2 rings (SSSR count). The van der Waals surface area contributed by atoms with Gasteiger partial charge in [0.25, 0.3) is 0 Å². The molecule has 21 heavy (non-hydrogen) atoms. The van der Waals surface area contributed by atoms with Crippen LogP contribution in [0.5, 0.6) is 0 Å². The molecule has 1 saturated carbocycles. The first-order valence-electron chi connectivity index (χ1n) is 6.93. The smallest absolute Gasteiger partial charge is 0.150 e. The predicted octanol–water partition coefficient (Wildman–Crippen LogP) is 3.71. The van der Waals surface area contributed by atoms with Gasteiger partial charge >= 0.3 is 0 Å². The van der Waals surface area contributed by atoms with Crippen molar-refractivity contribution in [3.05, 3.63) is 33.8 Å². The number of hydrogen-bond donors (Lipinski definition) is 0. The van der Waals surface area contributed by atoms with E-state index in [0.717, 1.165) is 18.4 Å². The molecular weight excluding hydrogens is 331 g/mol. The Bertz CT molecular complexity index is 640. The fraction of sp³-hybridized carbons (Fsp3) is 0.533. The van der Waals surface area contributed by atoms with Crippen molar-refractivity contribution in [2.45, 2.75) is 37.4 Å². The summed E-state index contributed by atoms with van der Waals surface area (Å²) in [6, 6.07) is 5.07. The van der Waals surface area contributed by atoms with Crippen LogP contribution in [-0.2, 0) is 21.1 Å². The van der Waals surface area contributed by atoms with Crippen LogP contribution in [0, 0.1) is 5.92 Å². The molecule has 0 aliphatic heterocycles. The summed E-state index contributed by atoms with van der Waals surface area (Å²) in [4.78, 5) is 12.4. The van der Waals surface area contributed by atoms with Crippen molar-refractivity contribution in [1.29, 1.82) is 0 Å². The summed E-state index contributed by atoms with van der Waals surface area (Å²) in [5, 5.41) is 0.623. The number of halogens is 2. The summed E-state index contributed by atoms with van der Waals surface area (Å²) in [5.74, 6) is -0.127. The number of carbonyl (C=O) groups excluding carboxylic acids is 1. The Labute approximate surface area is 135 Å². The molecule has 116 valence electrons. The number of Topliss-reactive ketones (excluding diaryl/α,β-unsaturated/α-hetero) is 1. The highest BCUT2D eigenvalue weighted by molar-refractivity contribution is 7.91. The molecule has 0 spiro atoms. The average Bonchev–Trinajstić information content (AvgIpc) is 2.41. The van der Waals surface area contributed by atoms with E-state index >= 15 is 0 Å². The lowest BCUT2D eigenvalue weighted by molar-refractivity contribution is -0.123. The van der Waals surface area contributed by atoms with Gasteiger partial charge in [-0.3, -0.25) is 4.79 Å². The molecule has 0 bridgehead atoms. The molecule has 0 radical (unpaired) electrons. The average molecular weight is 349 g/mol. The Morgan fingerprint density at radius 2 is 2.00 bits per heavy atom. The maximum Gasteiger partial charge on any atom is 0.150 e. The van der Waals surface area contributed by atoms with E-state index < -0.39 is 9.84 Å². The predicted molar refractivity (Wildman–Crippen MR) is 85.8 cm³/mol. The van der Waals surface area contributed by atoms with E-state index in [4.69, 9.17) is 23.2 Å². The minimum Gasteiger partial charge on any atom is -0.299 e. The molecule has 0 amide bonds. The molecule has 1 fully saturated rings. The van der Waals surface area contributed by atoms with Gasteiger partial charge in [0.1, 0.15) is 15.6 Å². The van der Waals surface area contributed by atoms with Gasteiger partial charge in [-0.1, -0.05) is 35.7 Å². The van der Waals surface area contributed by atoms with E-state index in [9.17, 15) is 13.2 Å². The Morgan fingerprint density at radius 3 is 2.62 bits per heavy atom. The molecular formula is C15H18Cl2O3S. The van der Waals surface area contributed by atoms with Crippen LogP contribution in [-0.4, -0.2) is 25.7 Å². The van der Waals surface area contributed by atoms with E-state index in [1.165, 1.54) is 6.26 Å². The van der Waals surface area contributed by atoms with Crippen LogP contribution in [0.25, 0.3) is 0 Å². The van der Waals surface area contributed by atoms with Crippen molar-refractivity contribution in [3.8, 4) is 0 Å². The van der Waals surface area contributed by atoms with Crippen molar-refractivity contribution in [3.63, 3.8) is 0 Å². The number of ketones is 1. The number of rotatable bonds is 4. The van der Waals surface area contributed by atoms with Crippen LogP contribution in [0.4, 0.5) is 0 Å². The van der Waals surface area contributed by atoms with Gasteiger partial charge in [0.05, 0.1) is 5.25 Å². The number of carbonyl (C=O) groups is 1. The monoisotopic (exact) mass is 348 g/mol. The van der Waals surface area contributed by atoms with Crippen molar-refractivity contribution in [1.82, 2.24) is 0 Å². The van der Waals surface area contributed by atoms with Crippen molar-refractivity contribution < 1.29 is 13.2 Å². The summed E-state index contributed by atoms with van der Waals surface area (Å²) in [7, 11) is -3.07. The lowest BCUT2D eigenvalue weighted by atomic mass is 9.84. The van der Waals surface area contributed by atoms with Crippen LogP contribution in [0.1, 0.15) is 31.2 Å². The number of sulfone groups is 1. The third kappa shape index (κ3) is 4.44. The fourth-order valence-electron chi connectivity index (χ4n) is 2.82. The third-order valence-corrected chi connectivity index (χ3v) is 6.29. The minimum atomic E-state index is -3.07. The summed E-state index contributed by atoms with van der Waals surface area (Å²) in [6.45, 7) is 0. The van der Waals surface area contributed by atoms with Gasteiger partial charge in [-0.25, -0.2) is 8.42 Å². The van der Waals surface area contributed by atoms with Crippen LogP contribution in [0.15, 0.2) is 18.2 Å². The topological polar surface area (TPSA) is 51.2 Å². The van der Waals surface area contributed by atoms with E-state index in [1.807, 2.05) is 0 Å². The zero-order valence-electron chi connectivity index (χ0n) is 11.8. The van der Waals surface area contributed by atoms with E-state index in [1.54, 1.807) is 18.2 Å². The Balaban J connectivity index is 2.06. The first kappa shape index (κ1) is 16.8. The summed E-state index contributed by atoms with van der Waals surface area (Å²) >= 11 is 11.9. The number of hydrogen-bond acceptors (Lipinski definition) is 3. The molecule has 2 unspecified atom stereocenters. The zero-order valence-corrected chi connectivity index (χ0v) is 14.1. The van der Waals surface area contributed by atoms with Gasteiger partial charge in [0.2, 0.25) is 0 Å². The highest BCUT2D eigenvalue weighted by Gasteiger charge is 2.32. The normalized spacial score (nSPS) is 23.0. The maximum absolute atomic E-state index is 12.4. The van der Waals surface area contributed by atoms with Crippen LogP contribution < -0.4 is 0 Å². The molecule has 1 aliphatic carbocycles. The molecule has 0 aromatic heterocycles. The fourth-order valence-corrected chi connectivity index (χ4v) is 4.48. The standard InChI is InChI=1S/C15H18Cl2O3S/c1-21(19,20)13-4-2-3-11(7-13)15(18)8-10-5-6-12(16)9-14(10)17/h5-6,9,11,13H,2-4,7-8H2,1H3. The molecule has 1 aromatic rings. The van der Waals surface area contributed by atoms with Crippen LogP contribution in [0.3, 0.4) is 0 Å². The van der Waals surface area contributed by atoms with Gasteiger partial charge in [0, 0.05) is 28.6 Å². The second kappa shape index (κ2) is 6.67. The Hall–Kier alpha value is -0.580. The molecule has 1 aromatic carbocycles. The van der Waals surface area contributed by atoms with Crippen LogP contribution in [0.2, 0.25) is 10.0 Å². The number of benzene rings is 1. The quantitative estimate of drug-likeness (QED) is 0.833. The minimum absolute atomic E-state index is 0.0626. The van der Waals surface area contributed by atoms with E-state index in [-0.39, 0.29) is 23.4 Å². The Kier molecular flexibility index (Phi) is 5.33. The van der Waals surface area contributed by atoms with Crippen molar-refractivity contribution in [2.24, 2.45) is 5.92 Å². The molecule has 0 heterocycles. The van der Waals surface area contributed by atoms with Crippen LogP contribution >= 0.6 is 23.2 Å². The maximum atomic E-state index is 12.4. The Morgan fingerprint density at radius 1 is 1.29 bits per heavy atom. The first-order valence-corrected chi connectivity index (χ1v) is 9.64. The van der Waals surface area contributed by atoms with Crippen molar-refractivity contribution in [2.75, 3.05) is 6.26 Å². The molecule has 3 nitrogen and oxygen atoms in total. The third-order valence-electron chi connectivity index (χ3n) is 4.07. The summed E-state index contributed by atoms with van der Waals surface area (Å²) in [5.41, 5.74) is 0.743. The lowest BCUT2D eigenvalue weighted by Crippen LogP contribution is -2.31. The SMILES string of the molecule is CS(=O)(=O)C1CCCC(C(=O)Cc2ccc(Cl)cc2Cl)C1.